The zero-order valence-electron chi connectivity index (χ0n) is 15.2. The molecule has 0 saturated heterocycles. The van der Waals surface area contributed by atoms with E-state index >= 15 is 0 Å². The van der Waals surface area contributed by atoms with E-state index in [1.807, 2.05) is 0 Å². The Labute approximate surface area is 177 Å². The first kappa shape index (κ1) is 21.3. The number of carbonyl (C=O) groups excluding carboxylic acids is 3. The first-order valence-corrected chi connectivity index (χ1v) is 11.3. The topological polar surface area (TPSA) is 101 Å². The molecule has 7 nitrogen and oxygen atoms in total. The number of sulfone groups is 1. The van der Waals surface area contributed by atoms with Gasteiger partial charge in [0.2, 0.25) is 5.91 Å². The lowest BCUT2D eigenvalue weighted by molar-refractivity contribution is -0.120. The Bertz CT molecular complexity index is 1080. The normalized spacial score (nSPS) is 14.7. The summed E-state index contributed by atoms with van der Waals surface area (Å²) >= 11 is 11.8. The van der Waals surface area contributed by atoms with Crippen LogP contribution in [0.3, 0.4) is 0 Å². The van der Waals surface area contributed by atoms with Crippen molar-refractivity contribution in [3.05, 3.63) is 63.6 Å². The van der Waals surface area contributed by atoms with Crippen LogP contribution in [0.4, 0.5) is 5.69 Å². The van der Waals surface area contributed by atoms with E-state index in [9.17, 15) is 22.8 Å². The molecular formula is C19H16Cl2N2O5S. The van der Waals surface area contributed by atoms with Crippen LogP contribution in [0.2, 0.25) is 10.0 Å². The average molecular weight is 455 g/mol. The number of halogens is 2. The zero-order chi connectivity index (χ0) is 21.3. The fourth-order valence-corrected chi connectivity index (χ4v) is 3.94. The fraction of sp³-hybridized carbons (Fsp3) is 0.211. The molecule has 1 unspecified atom stereocenters. The highest BCUT2D eigenvalue weighted by atomic mass is 35.5. The molecule has 2 aromatic rings. The summed E-state index contributed by atoms with van der Waals surface area (Å²) in [5, 5.41) is 3.06. The van der Waals surface area contributed by atoms with E-state index in [1.165, 1.54) is 30.3 Å². The standard InChI is InChI=1S/C19H16Cl2N2O5S/c1-29(27,28)9-8-16(17(24)22-11-6-7-14(20)15(21)10-11)23-18(25)12-4-2-3-5-13(12)19(23)26/h2-7,10,16H,8-9H2,1H3,(H,22,24). The van der Waals surface area contributed by atoms with Gasteiger partial charge >= 0.3 is 0 Å². The zero-order valence-corrected chi connectivity index (χ0v) is 17.5. The number of nitrogens with one attached hydrogen (secondary N) is 1. The van der Waals surface area contributed by atoms with E-state index in [0.717, 1.165) is 11.2 Å². The van der Waals surface area contributed by atoms with Crippen molar-refractivity contribution in [2.24, 2.45) is 0 Å². The van der Waals surface area contributed by atoms with Crippen LogP contribution < -0.4 is 5.32 Å². The van der Waals surface area contributed by atoms with Crippen LogP contribution in [0, 0.1) is 0 Å². The number of carbonyl (C=O) groups is 3. The number of nitrogens with zero attached hydrogens (tertiary/aromatic N) is 1. The molecule has 1 aliphatic rings. The van der Waals surface area contributed by atoms with Crippen LogP contribution in [-0.2, 0) is 14.6 Å². The van der Waals surface area contributed by atoms with Gasteiger partial charge in [0.05, 0.1) is 26.9 Å². The molecule has 29 heavy (non-hydrogen) atoms. The van der Waals surface area contributed by atoms with Crippen molar-refractivity contribution in [3.8, 4) is 0 Å². The molecule has 0 spiro atoms. The Kier molecular flexibility index (Phi) is 5.97. The number of hydrogen-bond donors (Lipinski definition) is 1. The summed E-state index contributed by atoms with van der Waals surface area (Å²) in [5.74, 6) is -2.37. The SMILES string of the molecule is CS(=O)(=O)CCC(C(=O)Nc1ccc(Cl)c(Cl)c1)N1C(=O)c2ccccc2C1=O. The summed E-state index contributed by atoms with van der Waals surface area (Å²) in [4.78, 5) is 39.3. The second-order valence-corrected chi connectivity index (χ2v) is 9.65. The third kappa shape index (κ3) is 4.60. The van der Waals surface area contributed by atoms with Gasteiger partial charge in [-0.1, -0.05) is 35.3 Å². The molecule has 1 aliphatic heterocycles. The fourth-order valence-electron chi connectivity index (χ4n) is 2.99. The molecule has 1 N–H and O–H groups in total. The van der Waals surface area contributed by atoms with E-state index in [0.29, 0.717) is 10.7 Å². The van der Waals surface area contributed by atoms with Gasteiger partial charge in [0.1, 0.15) is 15.9 Å². The molecule has 0 bridgehead atoms. The molecule has 0 saturated carbocycles. The van der Waals surface area contributed by atoms with Crippen LogP contribution in [0.25, 0.3) is 0 Å². The van der Waals surface area contributed by atoms with Gasteiger partial charge in [-0.05, 0) is 36.8 Å². The molecule has 0 radical (unpaired) electrons. The summed E-state index contributed by atoms with van der Waals surface area (Å²) in [7, 11) is -3.44. The van der Waals surface area contributed by atoms with Crippen LogP contribution in [0.15, 0.2) is 42.5 Å². The lowest BCUT2D eigenvalue weighted by atomic mass is 10.1. The second-order valence-electron chi connectivity index (χ2n) is 6.58. The van der Waals surface area contributed by atoms with E-state index in [4.69, 9.17) is 23.2 Å². The minimum Gasteiger partial charge on any atom is -0.324 e. The number of benzene rings is 2. The van der Waals surface area contributed by atoms with E-state index < -0.39 is 33.6 Å². The first-order chi connectivity index (χ1) is 13.6. The molecule has 2 aromatic carbocycles. The number of imide groups is 1. The van der Waals surface area contributed by atoms with E-state index in [-0.39, 0.29) is 28.3 Å². The van der Waals surface area contributed by atoms with Crippen LogP contribution in [0.5, 0.6) is 0 Å². The number of amides is 3. The smallest absolute Gasteiger partial charge is 0.262 e. The van der Waals surface area contributed by atoms with Crippen molar-refractivity contribution in [2.45, 2.75) is 12.5 Å². The van der Waals surface area contributed by atoms with Gasteiger partial charge in [0, 0.05) is 11.9 Å². The van der Waals surface area contributed by atoms with Crippen LogP contribution in [0.1, 0.15) is 27.1 Å². The van der Waals surface area contributed by atoms with Gasteiger partial charge in [-0.25, -0.2) is 8.42 Å². The summed E-state index contributed by atoms with van der Waals surface area (Å²) in [6, 6.07) is 9.27. The molecule has 3 rings (SSSR count). The van der Waals surface area contributed by atoms with Crippen LogP contribution >= 0.6 is 23.2 Å². The highest BCUT2D eigenvalue weighted by Gasteiger charge is 2.42. The Hall–Kier alpha value is -2.42. The molecule has 0 aromatic heterocycles. The average Bonchev–Trinajstić information content (AvgIpc) is 2.90. The van der Waals surface area contributed by atoms with Crippen molar-refractivity contribution in [1.29, 1.82) is 0 Å². The van der Waals surface area contributed by atoms with Crippen molar-refractivity contribution in [2.75, 3.05) is 17.3 Å². The molecule has 0 fully saturated rings. The summed E-state index contributed by atoms with van der Waals surface area (Å²) in [5.41, 5.74) is 0.638. The predicted octanol–water partition coefficient (Wildman–Crippen LogP) is 3.03. The van der Waals surface area contributed by atoms with Gasteiger partial charge in [-0.2, -0.15) is 0 Å². The highest BCUT2D eigenvalue weighted by Crippen LogP contribution is 2.28. The second kappa shape index (κ2) is 8.14. The maximum absolute atomic E-state index is 12.9. The van der Waals surface area contributed by atoms with Gasteiger partial charge in [-0.3, -0.25) is 19.3 Å². The molecule has 1 atom stereocenters. The van der Waals surface area contributed by atoms with Crippen molar-refractivity contribution in [1.82, 2.24) is 4.90 Å². The predicted molar refractivity (Wildman–Crippen MR) is 110 cm³/mol. The molecular weight excluding hydrogens is 439 g/mol. The third-order valence-electron chi connectivity index (χ3n) is 4.39. The number of anilines is 1. The van der Waals surface area contributed by atoms with Gasteiger partial charge in [0.25, 0.3) is 11.8 Å². The summed E-state index contributed by atoms with van der Waals surface area (Å²) < 4.78 is 23.3. The van der Waals surface area contributed by atoms with Gasteiger partial charge in [-0.15, -0.1) is 0 Å². The van der Waals surface area contributed by atoms with E-state index in [1.54, 1.807) is 12.1 Å². The van der Waals surface area contributed by atoms with Gasteiger partial charge in [0.15, 0.2) is 0 Å². The molecule has 152 valence electrons. The summed E-state index contributed by atoms with van der Waals surface area (Å²) in [6.45, 7) is 0. The first-order valence-electron chi connectivity index (χ1n) is 8.49. The minimum atomic E-state index is -3.44. The van der Waals surface area contributed by atoms with Crippen molar-refractivity contribution in [3.63, 3.8) is 0 Å². The van der Waals surface area contributed by atoms with E-state index in [2.05, 4.69) is 5.32 Å². The number of fused-ring (bicyclic) bond motifs is 1. The largest absolute Gasteiger partial charge is 0.324 e. The van der Waals surface area contributed by atoms with Crippen LogP contribution in [-0.4, -0.2) is 49.1 Å². The maximum atomic E-state index is 12.9. The summed E-state index contributed by atoms with van der Waals surface area (Å²) in [6.07, 6.45) is 0.779. The third-order valence-corrected chi connectivity index (χ3v) is 6.11. The lowest BCUT2D eigenvalue weighted by Crippen LogP contribution is -2.48. The highest BCUT2D eigenvalue weighted by molar-refractivity contribution is 7.90. The van der Waals surface area contributed by atoms with Crippen molar-refractivity contribution < 1.29 is 22.8 Å². The Balaban J connectivity index is 1.92. The Morgan fingerprint density at radius 1 is 1.03 bits per heavy atom. The number of rotatable bonds is 6. The molecule has 0 aliphatic carbocycles. The lowest BCUT2D eigenvalue weighted by Gasteiger charge is -2.25. The van der Waals surface area contributed by atoms with Crippen molar-refractivity contribution >= 4 is 56.4 Å². The Morgan fingerprint density at radius 2 is 1.62 bits per heavy atom. The molecule has 3 amide bonds. The van der Waals surface area contributed by atoms with Gasteiger partial charge < -0.3 is 5.32 Å². The minimum absolute atomic E-state index is 0.171. The maximum Gasteiger partial charge on any atom is 0.262 e. The quantitative estimate of drug-likeness (QED) is 0.675. The Morgan fingerprint density at radius 3 is 2.14 bits per heavy atom. The molecule has 1 heterocycles. The number of hydrogen-bond acceptors (Lipinski definition) is 5. The molecule has 10 heteroatoms. The monoisotopic (exact) mass is 454 g/mol.